The SMILES string of the molecule is CCC(C)CN(C)C(=O)CC1CCC(N)CC1. The summed E-state index contributed by atoms with van der Waals surface area (Å²) in [6.07, 6.45) is 6.30. The first-order valence-corrected chi connectivity index (χ1v) is 7.02. The molecule has 0 heterocycles. The summed E-state index contributed by atoms with van der Waals surface area (Å²) in [4.78, 5) is 13.9. The van der Waals surface area contributed by atoms with Gasteiger partial charge in [-0.25, -0.2) is 0 Å². The average Bonchev–Trinajstić information content (AvgIpc) is 2.31. The van der Waals surface area contributed by atoms with Crippen LogP contribution in [0.3, 0.4) is 0 Å². The van der Waals surface area contributed by atoms with E-state index in [9.17, 15) is 4.79 Å². The van der Waals surface area contributed by atoms with Gasteiger partial charge < -0.3 is 10.6 Å². The first-order chi connectivity index (χ1) is 8.02. The molecule has 2 N–H and O–H groups in total. The molecule has 0 radical (unpaired) electrons. The van der Waals surface area contributed by atoms with Crippen molar-refractivity contribution in [3.63, 3.8) is 0 Å². The molecule has 100 valence electrons. The molecule has 3 heteroatoms. The highest BCUT2D eigenvalue weighted by atomic mass is 16.2. The molecule has 1 fully saturated rings. The van der Waals surface area contributed by atoms with E-state index in [2.05, 4.69) is 13.8 Å². The van der Waals surface area contributed by atoms with Crippen LogP contribution in [0.25, 0.3) is 0 Å². The highest BCUT2D eigenvalue weighted by Gasteiger charge is 2.22. The summed E-state index contributed by atoms with van der Waals surface area (Å²) in [6.45, 7) is 5.26. The average molecular weight is 240 g/mol. The number of hydrogen-bond acceptors (Lipinski definition) is 2. The minimum Gasteiger partial charge on any atom is -0.345 e. The monoisotopic (exact) mass is 240 g/mol. The van der Waals surface area contributed by atoms with Crippen LogP contribution < -0.4 is 5.73 Å². The molecule has 1 unspecified atom stereocenters. The number of amides is 1. The summed E-state index contributed by atoms with van der Waals surface area (Å²) in [5.74, 6) is 1.48. The zero-order chi connectivity index (χ0) is 12.8. The van der Waals surface area contributed by atoms with Crippen LogP contribution in [0.5, 0.6) is 0 Å². The van der Waals surface area contributed by atoms with Crippen molar-refractivity contribution in [2.45, 2.75) is 58.4 Å². The predicted octanol–water partition coefficient (Wildman–Crippen LogP) is 2.40. The van der Waals surface area contributed by atoms with Gasteiger partial charge in [0.05, 0.1) is 0 Å². The summed E-state index contributed by atoms with van der Waals surface area (Å²) in [5.41, 5.74) is 5.88. The Kier molecular flexibility index (Phi) is 5.96. The summed E-state index contributed by atoms with van der Waals surface area (Å²) in [6, 6.07) is 0.374. The van der Waals surface area contributed by atoms with Crippen LogP contribution in [0, 0.1) is 11.8 Å². The van der Waals surface area contributed by atoms with Crippen molar-refractivity contribution in [1.29, 1.82) is 0 Å². The fraction of sp³-hybridized carbons (Fsp3) is 0.929. The number of carbonyl (C=O) groups excluding carboxylic acids is 1. The van der Waals surface area contributed by atoms with Gasteiger partial charge in [0.2, 0.25) is 5.91 Å². The van der Waals surface area contributed by atoms with E-state index in [4.69, 9.17) is 5.73 Å². The second-order valence-corrected chi connectivity index (χ2v) is 5.77. The maximum absolute atomic E-state index is 12.0. The molecule has 0 aromatic carbocycles. The molecule has 0 spiro atoms. The molecule has 0 aromatic heterocycles. The van der Waals surface area contributed by atoms with E-state index in [0.29, 0.717) is 23.8 Å². The van der Waals surface area contributed by atoms with Crippen molar-refractivity contribution in [2.24, 2.45) is 17.6 Å². The maximum atomic E-state index is 12.0. The molecule has 1 saturated carbocycles. The summed E-state index contributed by atoms with van der Waals surface area (Å²) < 4.78 is 0. The Morgan fingerprint density at radius 3 is 2.47 bits per heavy atom. The zero-order valence-corrected chi connectivity index (χ0v) is 11.6. The molecule has 3 nitrogen and oxygen atoms in total. The fourth-order valence-corrected chi connectivity index (χ4v) is 2.49. The van der Waals surface area contributed by atoms with E-state index in [0.717, 1.165) is 45.1 Å². The first kappa shape index (κ1) is 14.5. The number of hydrogen-bond donors (Lipinski definition) is 1. The van der Waals surface area contributed by atoms with Crippen LogP contribution in [0.2, 0.25) is 0 Å². The van der Waals surface area contributed by atoms with E-state index in [1.165, 1.54) is 0 Å². The standard InChI is InChI=1S/C14H28N2O/c1-4-11(2)10-16(3)14(17)9-12-5-7-13(15)8-6-12/h11-13H,4-10,15H2,1-3H3. The van der Waals surface area contributed by atoms with Crippen LogP contribution in [-0.2, 0) is 4.79 Å². The molecule has 1 rings (SSSR count). The molecule has 1 atom stereocenters. The van der Waals surface area contributed by atoms with Gasteiger partial charge in [-0.2, -0.15) is 0 Å². The van der Waals surface area contributed by atoms with Crippen molar-refractivity contribution in [3.8, 4) is 0 Å². The van der Waals surface area contributed by atoms with E-state index in [1.54, 1.807) is 0 Å². The number of rotatable bonds is 5. The highest BCUT2D eigenvalue weighted by Crippen LogP contribution is 2.26. The Morgan fingerprint density at radius 1 is 1.35 bits per heavy atom. The topological polar surface area (TPSA) is 46.3 Å². The Balaban J connectivity index is 2.28. The van der Waals surface area contributed by atoms with Gasteiger partial charge in [-0.05, 0) is 37.5 Å². The van der Waals surface area contributed by atoms with Crippen LogP contribution >= 0.6 is 0 Å². The van der Waals surface area contributed by atoms with Gasteiger partial charge in [0.15, 0.2) is 0 Å². The van der Waals surface area contributed by atoms with E-state index in [1.807, 2.05) is 11.9 Å². The Hall–Kier alpha value is -0.570. The molecule has 0 aliphatic heterocycles. The summed E-state index contributed by atoms with van der Waals surface area (Å²) in [7, 11) is 1.93. The number of carbonyl (C=O) groups is 1. The Morgan fingerprint density at radius 2 is 1.94 bits per heavy atom. The van der Waals surface area contributed by atoms with Crippen LogP contribution in [0.15, 0.2) is 0 Å². The maximum Gasteiger partial charge on any atom is 0.222 e. The zero-order valence-electron chi connectivity index (χ0n) is 11.6. The number of nitrogens with zero attached hydrogens (tertiary/aromatic N) is 1. The number of nitrogens with two attached hydrogens (primary N) is 1. The van der Waals surface area contributed by atoms with Crippen LogP contribution in [0.4, 0.5) is 0 Å². The molecule has 1 aliphatic rings. The lowest BCUT2D eigenvalue weighted by Crippen LogP contribution is -2.34. The lowest BCUT2D eigenvalue weighted by molar-refractivity contribution is -0.131. The van der Waals surface area contributed by atoms with Gasteiger partial charge in [-0.15, -0.1) is 0 Å². The molecule has 0 saturated heterocycles. The predicted molar refractivity (Wildman–Crippen MR) is 71.6 cm³/mol. The molecule has 1 amide bonds. The molecular weight excluding hydrogens is 212 g/mol. The Bertz CT molecular complexity index is 234. The van der Waals surface area contributed by atoms with E-state index >= 15 is 0 Å². The normalized spacial score (nSPS) is 26.6. The second-order valence-electron chi connectivity index (χ2n) is 5.77. The van der Waals surface area contributed by atoms with Gasteiger partial charge in [0.25, 0.3) is 0 Å². The second kappa shape index (κ2) is 7.00. The van der Waals surface area contributed by atoms with Crippen LogP contribution in [0.1, 0.15) is 52.4 Å². The third kappa shape index (κ3) is 5.07. The lowest BCUT2D eigenvalue weighted by Gasteiger charge is -2.28. The van der Waals surface area contributed by atoms with Crippen molar-refractivity contribution >= 4 is 5.91 Å². The molecule has 1 aliphatic carbocycles. The van der Waals surface area contributed by atoms with Crippen molar-refractivity contribution in [2.75, 3.05) is 13.6 Å². The first-order valence-electron chi connectivity index (χ1n) is 7.02. The summed E-state index contributed by atoms with van der Waals surface area (Å²) >= 11 is 0. The largest absolute Gasteiger partial charge is 0.345 e. The lowest BCUT2D eigenvalue weighted by atomic mass is 9.84. The van der Waals surface area contributed by atoms with Crippen molar-refractivity contribution in [1.82, 2.24) is 4.90 Å². The van der Waals surface area contributed by atoms with Crippen molar-refractivity contribution in [3.05, 3.63) is 0 Å². The van der Waals surface area contributed by atoms with Gasteiger partial charge in [-0.3, -0.25) is 4.79 Å². The van der Waals surface area contributed by atoms with Crippen molar-refractivity contribution < 1.29 is 4.79 Å². The highest BCUT2D eigenvalue weighted by molar-refractivity contribution is 5.76. The Labute approximate surface area is 106 Å². The minimum absolute atomic E-state index is 0.311. The molecule has 0 bridgehead atoms. The fourth-order valence-electron chi connectivity index (χ4n) is 2.49. The van der Waals surface area contributed by atoms with Gasteiger partial charge in [-0.1, -0.05) is 20.3 Å². The minimum atomic E-state index is 0.311. The van der Waals surface area contributed by atoms with Gasteiger partial charge in [0.1, 0.15) is 0 Å². The third-order valence-corrected chi connectivity index (χ3v) is 4.06. The molecule has 17 heavy (non-hydrogen) atoms. The molecular formula is C14H28N2O. The van der Waals surface area contributed by atoms with Gasteiger partial charge >= 0.3 is 0 Å². The smallest absolute Gasteiger partial charge is 0.222 e. The molecule has 0 aromatic rings. The van der Waals surface area contributed by atoms with E-state index < -0.39 is 0 Å². The van der Waals surface area contributed by atoms with Gasteiger partial charge in [0, 0.05) is 26.1 Å². The van der Waals surface area contributed by atoms with Crippen LogP contribution in [-0.4, -0.2) is 30.4 Å². The third-order valence-electron chi connectivity index (χ3n) is 4.06. The van der Waals surface area contributed by atoms with E-state index in [-0.39, 0.29) is 0 Å². The summed E-state index contributed by atoms with van der Waals surface area (Å²) in [5, 5.41) is 0. The quantitative estimate of drug-likeness (QED) is 0.802.